The normalized spacial score (nSPS) is 23.0. The predicted molar refractivity (Wildman–Crippen MR) is 105 cm³/mol. The van der Waals surface area contributed by atoms with Crippen molar-refractivity contribution >= 4 is 11.9 Å². The van der Waals surface area contributed by atoms with Gasteiger partial charge in [-0.15, -0.1) is 0 Å². The van der Waals surface area contributed by atoms with Crippen LogP contribution < -0.4 is 5.32 Å². The van der Waals surface area contributed by atoms with Crippen molar-refractivity contribution in [2.45, 2.75) is 19.3 Å². The number of hydrogen-bond acceptors (Lipinski definition) is 6. The standard InChI is InChI=1S/C19H23N3O3.C2HF3O2/c23-19(21-8-16-4-2-6-25-16)18-13-24-12-15-10-22(11-17(15)18)9-14-3-1-5-20-7-14;3-2(4,5)1(6)7/h1-7,15,17-18H,8-13H2,(H,21,23);(H,6,7)/t15-,17-,18-;/m1./s1. The predicted octanol–water partition coefficient (Wildman–Crippen LogP) is 2.32. The van der Waals surface area contributed by atoms with Crippen LogP contribution in [0.1, 0.15) is 11.3 Å². The number of aliphatic carboxylic acids is 1. The average Bonchev–Trinajstić information content (AvgIpc) is 3.41. The summed E-state index contributed by atoms with van der Waals surface area (Å²) in [5.74, 6) is -1.24. The number of alkyl halides is 3. The van der Waals surface area contributed by atoms with Gasteiger partial charge < -0.3 is 19.6 Å². The molecule has 174 valence electrons. The minimum absolute atomic E-state index is 0.0642. The number of carbonyl (C=O) groups excluding carboxylic acids is 1. The van der Waals surface area contributed by atoms with Gasteiger partial charge in [0.05, 0.1) is 31.9 Å². The first-order valence-corrected chi connectivity index (χ1v) is 10.0. The summed E-state index contributed by atoms with van der Waals surface area (Å²) < 4.78 is 42.7. The van der Waals surface area contributed by atoms with Gasteiger partial charge in [-0.05, 0) is 35.6 Å². The maximum atomic E-state index is 12.6. The second-order valence-corrected chi connectivity index (χ2v) is 7.72. The van der Waals surface area contributed by atoms with E-state index in [-0.39, 0.29) is 11.8 Å². The van der Waals surface area contributed by atoms with E-state index in [1.165, 1.54) is 5.56 Å². The lowest BCUT2D eigenvalue weighted by Crippen LogP contribution is -2.44. The minimum Gasteiger partial charge on any atom is -0.475 e. The Labute approximate surface area is 182 Å². The quantitative estimate of drug-likeness (QED) is 0.713. The molecule has 2 saturated heterocycles. The number of pyridine rings is 1. The first-order valence-electron chi connectivity index (χ1n) is 10.0. The number of hydrogen-bond donors (Lipinski definition) is 2. The Kier molecular flexibility index (Phi) is 7.86. The van der Waals surface area contributed by atoms with E-state index in [0.717, 1.165) is 32.0 Å². The monoisotopic (exact) mass is 455 g/mol. The average molecular weight is 455 g/mol. The second kappa shape index (κ2) is 10.6. The zero-order chi connectivity index (χ0) is 23.1. The molecule has 2 fully saturated rings. The first-order chi connectivity index (χ1) is 15.2. The smallest absolute Gasteiger partial charge is 0.475 e. The molecule has 32 heavy (non-hydrogen) atoms. The molecule has 2 aromatic rings. The molecule has 8 nitrogen and oxygen atoms in total. The number of nitrogens with one attached hydrogen (secondary N) is 1. The third kappa shape index (κ3) is 6.54. The molecule has 0 spiro atoms. The number of ether oxygens (including phenoxy) is 1. The summed E-state index contributed by atoms with van der Waals surface area (Å²) in [6.45, 7) is 4.46. The summed E-state index contributed by atoms with van der Waals surface area (Å²) in [7, 11) is 0. The van der Waals surface area contributed by atoms with Crippen LogP contribution in [0.2, 0.25) is 0 Å². The summed E-state index contributed by atoms with van der Waals surface area (Å²) in [5, 5.41) is 10.1. The van der Waals surface area contributed by atoms with E-state index in [4.69, 9.17) is 19.1 Å². The van der Waals surface area contributed by atoms with Gasteiger partial charge in [-0.25, -0.2) is 4.79 Å². The molecule has 0 radical (unpaired) electrons. The van der Waals surface area contributed by atoms with Gasteiger partial charge in [0, 0.05) is 32.0 Å². The number of carboxylic acid groups (broad SMARTS) is 1. The summed E-state index contributed by atoms with van der Waals surface area (Å²) in [4.78, 5) is 28.1. The number of rotatable bonds is 5. The van der Waals surface area contributed by atoms with E-state index in [2.05, 4.69) is 21.3 Å². The van der Waals surface area contributed by atoms with Gasteiger partial charge in [0.15, 0.2) is 0 Å². The molecule has 1 amide bonds. The van der Waals surface area contributed by atoms with Gasteiger partial charge in [0.2, 0.25) is 5.91 Å². The van der Waals surface area contributed by atoms with Crippen molar-refractivity contribution < 1.29 is 37.0 Å². The van der Waals surface area contributed by atoms with Crippen LogP contribution >= 0.6 is 0 Å². The lowest BCUT2D eigenvalue weighted by molar-refractivity contribution is -0.192. The van der Waals surface area contributed by atoms with Crippen molar-refractivity contribution in [3.05, 3.63) is 54.2 Å². The van der Waals surface area contributed by atoms with E-state index >= 15 is 0 Å². The molecular formula is C21H24F3N3O5. The van der Waals surface area contributed by atoms with Gasteiger partial charge in [0.25, 0.3) is 0 Å². The number of aromatic nitrogens is 1. The molecular weight excluding hydrogens is 431 g/mol. The van der Waals surface area contributed by atoms with E-state index in [0.29, 0.717) is 25.0 Å². The molecule has 0 aliphatic carbocycles. The molecule has 11 heteroatoms. The molecule has 0 aromatic carbocycles. The van der Waals surface area contributed by atoms with Crippen LogP contribution in [0.4, 0.5) is 13.2 Å². The van der Waals surface area contributed by atoms with Crippen molar-refractivity contribution in [1.82, 2.24) is 15.2 Å². The third-order valence-electron chi connectivity index (χ3n) is 5.44. The van der Waals surface area contributed by atoms with Crippen LogP contribution in [0, 0.1) is 17.8 Å². The van der Waals surface area contributed by atoms with E-state index < -0.39 is 12.1 Å². The lowest BCUT2D eigenvalue weighted by Gasteiger charge is -2.31. The molecule has 0 unspecified atom stereocenters. The number of carbonyl (C=O) groups is 2. The second-order valence-electron chi connectivity index (χ2n) is 7.72. The Morgan fingerprint density at radius 3 is 2.62 bits per heavy atom. The lowest BCUT2D eigenvalue weighted by atomic mass is 9.82. The Bertz CT molecular complexity index is 877. The van der Waals surface area contributed by atoms with Crippen molar-refractivity contribution in [3.63, 3.8) is 0 Å². The number of nitrogens with zero attached hydrogens (tertiary/aromatic N) is 2. The number of likely N-dealkylation sites (tertiary alicyclic amines) is 1. The molecule has 2 N–H and O–H groups in total. The van der Waals surface area contributed by atoms with E-state index in [9.17, 15) is 18.0 Å². The zero-order valence-corrected chi connectivity index (χ0v) is 17.1. The fourth-order valence-corrected chi connectivity index (χ4v) is 3.96. The summed E-state index contributed by atoms with van der Waals surface area (Å²) in [6, 6.07) is 7.76. The van der Waals surface area contributed by atoms with Crippen LogP contribution in [0.15, 0.2) is 47.3 Å². The molecule has 0 bridgehead atoms. The molecule has 2 aliphatic heterocycles. The van der Waals surface area contributed by atoms with Gasteiger partial charge >= 0.3 is 12.1 Å². The Balaban J connectivity index is 0.000000360. The fraction of sp³-hybridized carbons (Fsp3) is 0.476. The molecule has 0 saturated carbocycles. The number of halogens is 3. The molecule has 2 aliphatic rings. The molecule has 4 rings (SSSR count). The highest BCUT2D eigenvalue weighted by Gasteiger charge is 2.43. The van der Waals surface area contributed by atoms with Gasteiger partial charge in [-0.1, -0.05) is 6.07 Å². The topological polar surface area (TPSA) is 105 Å². The maximum Gasteiger partial charge on any atom is 0.490 e. The molecule has 2 aromatic heterocycles. The largest absolute Gasteiger partial charge is 0.490 e. The molecule has 4 heterocycles. The van der Waals surface area contributed by atoms with E-state index in [1.54, 1.807) is 12.5 Å². The van der Waals surface area contributed by atoms with Crippen LogP contribution in [-0.2, 0) is 27.4 Å². The van der Waals surface area contributed by atoms with Crippen molar-refractivity contribution in [3.8, 4) is 0 Å². The van der Waals surface area contributed by atoms with Crippen LogP contribution in [-0.4, -0.2) is 59.3 Å². The third-order valence-corrected chi connectivity index (χ3v) is 5.44. The first kappa shape index (κ1) is 23.7. The SMILES string of the molecule is O=C(NCc1ccco1)[C@@H]1COC[C@H]2CN(Cc3cccnc3)C[C@H]21.O=C(O)C(F)(F)F. The summed E-state index contributed by atoms with van der Waals surface area (Å²) >= 11 is 0. The van der Waals surface area contributed by atoms with Crippen LogP contribution in [0.5, 0.6) is 0 Å². The van der Waals surface area contributed by atoms with Crippen molar-refractivity contribution in [1.29, 1.82) is 0 Å². The Morgan fingerprint density at radius 2 is 2.00 bits per heavy atom. The zero-order valence-electron chi connectivity index (χ0n) is 17.1. The highest BCUT2D eigenvalue weighted by atomic mass is 19.4. The van der Waals surface area contributed by atoms with Crippen molar-refractivity contribution in [2.75, 3.05) is 26.3 Å². The van der Waals surface area contributed by atoms with Crippen molar-refractivity contribution in [2.24, 2.45) is 17.8 Å². The number of fused-ring (bicyclic) bond motifs is 1. The van der Waals surface area contributed by atoms with Gasteiger partial charge in [-0.3, -0.25) is 14.7 Å². The number of furan rings is 1. The maximum absolute atomic E-state index is 12.6. The fourth-order valence-electron chi connectivity index (χ4n) is 3.96. The highest BCUT2D eigenvalue weighted by molar-refractivity contribution is 5.79. The molecule has 3 atom stereocenters. The van der Waals surface area contributed by atoms with Crippen LogP contribution in [0.25, 0.3) is 0 Å². The Hall–Kier alpha value is -2.92. The van der Waals surface area contributed by atoms with E-state index in [1.807, 2.05) is 24.4 Å². The highest BCUT2D eigenvalue weighted by Crippen LogP contribution is 2.35. The number of carboxylic acids is 1. The van der Waals surface area contributed by atoms with Gasteiger partial charge in [0.1, 0.15) is 5.76 Å². The van der Waals surface area contributed by atoms with Gasteiger partial charge in [-0.2, -0.15) is 13.2 Å². The minimum atomic E-state index is -5.08. The Morgan fingerprint density at radius 1 is 1.22 bits per heavy atom. The summed E-state index contributed by atoms with van der Waals surface area (Å²) in [6.07, 6.45) is 0.237. The van der Waals surface area contributed by atoms with Crippen LogP contribution in [0.3, 0.4) is 0 Å². The summed E-state index contributed by atoms with van der Waals surface area (Å²) in [5.41, 5.74) is 1.21. The number of amides is 1.